The molecule has 8 heteroatoms. The summed E-state index contributed by atoms with van der Waals surface area (Å²) in [6.07, 6.45) is 1.66. The number of benzene rings is 2. The van der Waals surface area contributed by atoms with Gasteiger partial charge in [-0.1, -0.05) is 42.5 Å². The Kier molecular flexibility index (Phi) is 5.91. The van der Waals surface area contributed by atoms with Gasteiger partial charge in [-0.2, -0.15) is 4.68 Å². The lowest BCUT2D eigenvalue weighted by Gasteiger charge is -2.09. The Balaban J connectivity index is 1.78. The minimum absolute atomic E-state index is 0.0353. The molecule has 28 heavy (non-hydrogen) atoms. The van der Waals surface area contributed by atoms with Gasteiger partial charge in [-0.15, -0.1) is 5.10 Å². The summed E-state index contributed by atoms with van der Waals surface area (Å²) in [6, 6.07) is 16.0. The molecule has 3 rings (SSSR count). The lowest BCUT2D eigenvalue weighted by molar-refractivity contribution is -0.138. The molecule has 0 aliphatic carbocycles. The van der Waals surface area contributed by atoms with Crippen LogP contribution in [0.2, 0.25) is 0 Å². The molecule has 142 valence electrons. The second-order valence-corrected chi connectivity index (χ2v) is 5.84. The number of nitrogens with zero attached hydrogens (tertiary/aromatic N) is 4. The second-order valence-electron chi connectivity index (χ2n) is 5.84. The van der Waals surface area contributed by atoms with E-state index in [4.69, 9.17) is 4.74 Å². The van der Waals surface area contributed by atoms with E-state index in [2.05, 4.69) is 20.3 Å². The van der Waals surface area contributed by atoms with E-state index in [1.807, 2.05) is 30.3 Å². The minimum atomic E-state index is -0.573. The minimum Gasteiger partial charge on any atom is -0.465 e. The molecular formula is C20H18N4O4. The Morgan fingerprint density at radius 2 is 1.79 bits per heavy atom. The van der Waals surface area contributed by atoms with Crippen LogP contribution in [-0.2, 0) is 20.9 Å². The van der Waals surface area contributed by atoms with Crippen LogP contribution in [0.15, 0.2) is 54.6 Å². The summed E-state index contributed by atoms with van der Waals surface area (Å²) in [5, 5.41) is 11.3. The van der Waals surface area contributed by atoms with Gasteiger partial charge >= 0.3 is 11.9 Å². The molecule has 0 fully saturated rings. The molecule has 1 aromatic heterocycles. The van der Waals surface area contributed by atoms with Crippen LogP contribution in [0.5, 0.6) is 0 Å². The monoisotopic (exact) mass is 378 g/mol. The Hall–Kier alpha value is -3.81. The largest absolute Gasteiger partial charge is 0.465 e. The van der Waals surface area contributed by atoms with E-state index >= 15 is 0 Å². The van der Waals surface area contributed by atoms with Crippen LogP contribution in [0.4, 0.5) is 0 Å². The number of aryl methyl sites for hydroxylation is 1. The lowest BCUT2D eigenvalue weighted by atomic mass is 10.1. The summed E-state index contributed by atoms with van der Waals surface area (Å²) in [6.45, 7) is 1.73. The van der Waals surface area contributed by atoms with E-state index in [1.54, 1.807) is 37.3 Å². The Bertz CT molecular complexity index is 995. The van der Waals surface area contributed by atoms with Crippen molar-refractivity contribution < 1.29 is 19.1 Å². The van der Waals surface area contributed by atoms with E-state index in [1.165, 1.54) is 11.8 Å². The average Bonchev–Trinajstić information content (AvgIpc) is 3.16. The molecule has 0 aliphatic rings. The predicted molar refractivity (Wildman–Crippen MR) is 101 cm³/mol. The van der Waals surface area contributed by atoms with Gasteiger partial charge in [0.05, 0.1) is 12.7 Å². The molecule has 0 unspecified atom stereocenters. The summed E-state index contributed by atoms with van der Waals surface area (Å²) in [7, 11) is 1.32. The van der Waals surface area contributed by atoms with Gasteiger partial charge in [0.1, 0.15) is 6.61 Å². The van der Waals surface area contributed by atoms with Crippen molar-refractivity contribution in [3.63, 3.8) is 0 Å². The molecule has 0 aliphatic heterocycles. The molecule has 0 atom stereocenters. The summed E-state index contributed by atoms with van der Waals surface area (Å²) in [5.74, 6) is -0.538. The highest BCUT2D eigenvalue weighted by Crippen LogP contribution is 2.15. The molecule has 0 N–H and O–H groups in total. The zero-order valence-corrected chi connectivity index (χ0v) is 15.4. The van der Waals surface area contributed by atoms with Crippen molar-refractivity contribution in [3.05, 3.63) is 77.1 Å². The fourth-order valence-corrected chi connectivity index (χ4v) is 2.45. The highest BCUT2D eigenvalue weighted by Gasteiger charge is 2.18. The number of esters is 2. The quantitative estimate of drug-likeness (QED) is 0.480. The normalized spacial score (nSPS) is 11.1. The Morgan fingerprint density at radius 3 is 2.39 bits per heavy atom. The van der Waals surface area contributed by atoms with E-state index in [9.17, 15) is 9.59 Å². The number of carbonyl (C=O) groups is 2. The van der Waals surface area contributed by atoms with Crippen LogP contribution < -0.4 is 0 Å². The molecule has 3 aromatic rings. The topological polar surface area (TPSA) is 96.2 Å². The van der Waals surface area contributed by atoms with Crippen molar-refractivity contribution >= 4 is 23.7 Å². The first-order valence-electron chi connectivity index (χ1n) is 8.45. The maximum absolute atomic E-state index is 12.7. The van der Waals surface area contributed by atoms with Gasteiger partial charge in [0.25, 0.3) is 0 Å². The third-order valence-corrected chi connectivity index (χ3v) is 3.91. The van der Waals surface area contributed by atoms with E-state index in [0.717, 1.165) is 11.1 Å². The first-order chi connectivity index (χ1) is 13.6. The second kappa shape index (κ2) is 8.72. The maximum Gasteiger partial charge on any atom is 0.357 e. The van der Waals surface area contributed by atoms with Crippen LogP contribution >= 0.6 is 0 Å². The zero-order chi connectivity index (χ0) is 19.9. The molecule has 0 saturated carbocycles. The smallest absolute Gasteiger partial charge is 0.357 e. The SMILES string of the molecule is COC(=O)c1ccc(COC(=O)/C(=C/c2ccccc2)n2nnnc2C)cc1. The van der Waals surface area contributed by atoms with Gasteiger partial charge in [-0.3, -0.25) is 0 Å². The molecule has 1 heterocycles. The number of ether oxygens (including phenoxy) is 2. The van der Waals surface area contributed by atoms with E-state index < -0.39 is 11.9 Å². The molecule has 0 bridgehead atoms. The molecule has 0 spiro atoms. The van der Waals surface area contributed by atoms with Crippen LogP contribution in [0.25, 0.3) is 11.8 Å². The van der Waals surface area contributed by atoms with Crippen LogP contribution in [0, 0.1) is 6.92 Å². The highest BCUT2D eigenvalue weighted by molar-refractivity contribution is 6.15. The first-order valence-corrected chi connectivity index (χ1v) is 8.45. The number of hydrogen-bond donors (Lipinski definition) is 0. The third kappa shape index (κ3) is 4.47. The lowest BCUT2D eigenvalue weighted by Crippen LogP contribution is -2.15. The number of aromatic nitrogens is 4. The summed E-state index contributed by atoms with van der Waals surface area (Å²) < 4.78 is 11.4. The molecule has 0 saturated heterocycles. The number of rotatable bonds is 6. The summed E-state index contributed by atoms with van der Waals surface area (Å²) in [4.78, 5) is 24.2. The van der Waals surface area contributed by atoms with Crippen LogP contribution in [0.1, 0.15) is 27.3 Å². The highest BCUT2D eigenvalue weighted by atomic mass is 16.5. The van der Waals surface area contributed by atoms with Crippen LogP contribution in [-0.4, -0.2) is 39.3 Å². The molecule has 0 amide bonds. The Labute approximate surface area is 161 Å². The van der Waals surface area contributed by atoms with E-state index in [-0.39, 0.29) is 12.3 Å². The van der Waals surface area contributed by atoms with E-state index in [0.29, 0.717) is 11.4 Å². The number of hydrogen-bond acceptors (Lipinski definition) is 7. The number of methoxy groups -OCH3 is 1. The standard InChI is InChI=1S/C20H18N4O4/c1-14-21-22-23-24(14)18(12-15-6-4-3-5-7-15)20(26)28-13-16-8-10-17(11-9-16)19(25)27-2/h3-12H,13H2,1-2H3/b18-12-. The van der Waals surface area contributed by atoms with Gasteiger partial charge in [-0.25, -0.2) is 9.59 Å². The van der Waals surface area contributed by atoms with Crippen molar-refractivity contribution in [2.75, 3.05) is 7.11 Å². The molecule has 0 radical (unpaired) electrons. The van der Waals surface area contributed by atoms with Gasteiger partial charge in [0, 0.05) is 0 Å². The first kappa shape index (κ1) is 19.0. The van der Waals surface area contributed by atoms with Crippen molar-refractivity contribution in [2.24, 2.45) is 0 Å². The Morgan fingerprint density at radius 1 is 1.07 bits per heavy atom. The fourth-order valence-electron chi connectivity index (χ4n) is 2.45. The van der Waals surface area contributed by atoms with Gasteiger partial charge in [0.15, 0.2) is 11.5 Å². The fraction of sp³-hybridized carbons (Fsp3) is 0.150. The van der Waals surface area contributed by atoms with Crippen molar-refractivity contribution in [2.45, 2.75) is 13.5 Å². The maximum atomic E-state index is 12.7. The zero-order valence-electron chi connectivity index (χ0n) is 15.4. The summed E-state index contributed by atoms with van der Waals surface area (Å²) in [5.41, 5.74) is 2.16. The van der Waals surface area contributed by atoms with Crippen molar-refractivity contribution in [1.82, 2.24) is 20.2 Å². The number of carbonyl (C=O) groups excluding carboxylic acids is 2. The average molecular weight is 378 g/mol. The van der Waals surface area contributed by atoms with Crippen molar-refractivity contribution in [1.29, 1.82) is 0 Å². The van der Waals surface area contributed by atoms with Gasteiger partial charge < -0.3 is 9.47 Å². The molecule has 2 aromatic carbocycles. The van der Waals surface area contributed by atoms with Crippen molar-refractivity contribution in [3.8, 4) is 0 Å². The molecular weight excluding hydrogens is 360 g/mol. The molecule has 8 nitrogen and oxygen atoms in total. The van der Waals surface area contributed by atoms with Gasteiger partial charge in [0.2, 0.25) is 0 Å². The number of tetrazole rings is 1. The third-order valence-electron chi connectivity index (χ3n) is 3.91. The van der Waals surface area contributed by atoms with Crippen LogP contribution in [0.3, 0.4) is 0 Å². The predicted octanol–water partition coefficient (Wildman–Crippen LogP) is 2.51. The summed E-state index contributed by atoms with van der Waals surface area (Å²) >= 11 is 0. The van der Waals surface area contributed by atoms with Gasteiger partial charge in [-0.05, 0) is 46.7 Å².